The van der Waals surface area contributed by atoms with Crippen molar-refractivity contribution in [2.45, 2.75) is 46.3 Å². The van der Waals surface area contributed by atoms with E-state index in [0.717, 1.165) is 5.56 Å². The summed E-state index contributed by atoms with van der Waals surface area (Å²) in [4.78, 5) is 23.7. The van der Waals surface area contributed by atoms with Crippen molar-refractivity contribution >= 4 is 11.9 Å². The maximum absolute atomic E-state index is 12.1. The lowest BCUT2D eigenvalue weighted by molar-refractivity contribution is 0.0497. The van der Waals surface area contributed by atoms with E-state index in [-0.39, 0.29) is 5.78 Å². The van der Waals surface area contributed by atoms with Gasteiger partial charge in [-0.2, -0.15) is 0 Å². The Hall–Kier alpha value is -1.84. The molecule has 0 bridgehead atoms. The minimum absolute atomic E-state index is 0.133. The minimum atomic E-state index is -0.613. The predicted octanol–water partition coefficient (Wildman–Crippen LogP) is 3.09. The second-order valence-corrected chi connectivity index (χ2v) is 5.60. The van der Waals surface area contributed by atoms with Gasteiger partial charge in [-0.25, -0.2) is 4.79 Å². The summed E-state index contributed by atoms with van der Waals surface area (Å²) in [5.74, 6) is -0.133. The van der Waals surface area contributed by atoms with Gasteiger partial charge in [-0.1, -0.05) is 29.8 Å². The van der Waals surface area contributed by atoms with Crippen LogP contribution in [-0.2, 0) is 4.74 Å². The highest BCUT2D eigenvalue weighted by Gasteiger charge is 2.21. The largest absolute Gasteiger partial charge is 0.444 e. The van der Waals surface area contributed by atoms with Gasteiger partial charge in [-0.3, -0.25) is 4.79 Å². The second-order valence-electron chi connectivity index (χ2n) is 5.60. The van der Waals surface area contributed by atoms with Gasteiger partial charge in [-0.15, -0.1) is 0 Å². The van der Waals surface area contributed by atoms with Crippen LogP contribution in [0.5, 0.6) is 0 Å². The number of Topliss-reactive ketones (excluding diaryl/α,β-unsaturated/α-hetero) is 1. The number of benzene rings is 1. The molecule has 0 aliphatic rings. The van der Waals surface area contributed by atoms with Crippen LogP contribution >= 0.6 is 0 Å². The Morgan fingerprint density at radius 3 is 2.16 bits per heavy atom. The van der Waals surface area contributed by atoms with Crippen molar-refractivity contribution in [1.29, 1.82) is 0 Å². The van der Waals surface area contributed by atoms with Gasteiger partial charge < -0.3 is 10.1 Å². The van der Waals surface area contributed by atoms with E-state index in [4.69, 9.17) is 4.74 Å². The van der Waals surface area contributed by atoms with Crippen LogP contribution in [-0.4, -0.2) is 23.5 Å². The molecule has 0 aliphatic carbocycles. The van der Waals surface area contributed by atoms with Crippen LogP contribution in [0.15, 0.2) is 24.3 Å². The number of ether oxygens (including phenoxy) is 1. The SMILES string of the molecule is Cc1ccc(C(=O)[C@H](C)NC(=O)OC(C)(C)C)cc1. The van der Waals surface area contributed by atoms with E-state index in [1.165, 1.54) is 0 Å². The number of hydrogen-bond acceptors (Lipinski definition) is 3. The molecule has 19 heavy (non-hydrogen) atoms. The van der Waals surface area contributed by atoms with Crippen LogP contribution in [0.25, 0.3) is 0 Å². The number of rotatable bonds is 3. The van der Waals surface area contributed by atoms with Gasteiger partial charge in [0.1, 0.15) is 5.60 Å². The maximum atomic E-state index is 12.1. The molecule has 1 aromatic rings. The summed E-state index contributed by atoms with van der Waals surface area (Å²) in [7, 11) is 0. The van der Waals surface area contributed by atoms with Crippen LogP contribution in [0.3, 0.4) is 0 Å². The standard InChI is InChI=1S/C15H21NO3/c1-10-6-8-12(9-7-10)13(17)11(2)16-14(18)19-15(3,4)5/h6-9,11H,1-5H3,(H,16,18)/t11-/m0/s1. The molecule has 1 amide bonds. The van der Waals surface area contributed by atoms with Crippen LogP contribution in [0.2, 0.25) is 0 Å². The van der Waals surface area contributed by atoms with Crippen molar-refractivity contribution in [2.75, 3.05) is 0 Å². The molecular weight excluding hydrogens is 242 g/mol. The van der Waals surface area contributed by atoms with Gasteiger partial charge in [0.05, 0.1) is 6.04 Å². The molecule has 0 radical (unpaired) electrons. The molecule has 104 valence electrons. The number of carbonyl (C=O) groups excluding carboxylic acids is 2. The lowest BCUT2D eigenvalue weighted by atomic mass is 10.0. The fourth-order valence-electron chi connectivity index (χ4n) is 1.52. The van der Waals surface area contributed by atoms with Gasteiger partial charge in [0.2, 0.25) is 0 Å². The monoisotopic (exact) mass is 263 g/mol. The van der Waals surface area contributed by atoms with E-state index in [0.29, 0.717) is 5.56 Å². The van der Waals surface area contributed by atoms with Gasteiger partial charge in [0, 0.05) is 5.56 Å². The molecule has 0 fully saturated rings. The summed E-state index contributed by atoms with van der Waals surface area (Å²) in [6.07, 6.45) is -0.583. The zero-order valence-corrected chi connectivity index (χ0v) is 12.1. The summed E-state index contributed by atoms with van der Waals surface area (Å²) in [5.41, 5.74) is 1.09. The molecule has 0 aromatic heterocycles. The van der Waals surface area contributed by atoms with Gasteiger partial charge in [-0.05, 0) is 34.6 Å². The fraction of sp³-hybridized carbons (Fsp3) is 0.467. The number of carbonyl (C=O) groups is 2. The molecule has 0 spiro atoms. The normalized spacial score (nSPS) is 12.7. The summed E-state index contributed by atoms with van der Waals surface area (Å²) >= 11 is 0. The Balaban J connectivity index is 2.63. The minimum Gasteiger partial charge on any atom is -0.444 e. The summed E-state index contributed by atoms with van der Waals surface area (Å²) in [6.45, 7) is 8.93. The Morgan fingerprint density at radius 1 is 1.16 bits per heavy atom. The zero-order valence-electron chi connectivity index (χ0n) is 12.1. The zero-order chi connectivity index (χ0) is 14.6. The van der Waals surface area contributed by atoms with E-state index in [9.17, 15) is 9.59 Å². The molecule has 1 atom stereocenters. The summed E-state index contributed by atoms with van der Waals surface area (Å²) in [6, 6.07) is 6.63. The van der Waals surface area contributed by atoms with Crippen LogP contribution in [0, 0.1) is 6.92 Å². The predicted molar refractivity (Wildman–Crippen MR) is 74.3 cm³/mol. The summed E-state index contributed by atoms with van der Waals surface area (Å²) in [5, 5.41) is 2.54. The Labute approximate surface area is 114 Å². The number of nitrogens with one attached hydrogen (secondary N) is 1. The average Bonchev–Trinajstić information content (AvgIpc) is 2.26. The fourth-order valence-corrected chi connectivity index (χ4v) is 1.52. The lowest BCUT2D eigenvalue weighted by Gasteiger charge is -2.21. The molecule has 1 aromatic carbocycles. The number of ketones is 1. The maximum Gasteiger partial charge on any atom is 0.408 e. The molecule has 1 N–H and O–H groups in total. The van der Waals surface area contributed by atoms with Crippen molar-refractivity contribution < 1.29 is 14.3 Å². The first-order valence-corrected chi connectivity index (χ1v) is 6.29. The van der Waals surface area contributed by atoms with E-state index in [2.05, 4.69) is 5.32 Å². The molecule has 0 unspecified atom stereocenters. The number of hydrogen-bond donors (Lipinski definition) is 1. The van der Waals surface area contributed by atoms with E-state index in [1.54, 1.807) is 39.8 Å². The van der Waals surface area contributed by atoms with Crippen molar-refractivity contribution in [3.8, 4) is 0 Å². The van der Waals surface area contributed by atoms with Crippen LogP contribution in [0.1, 0.15) is 43.6 Å². The van der Waals surface area contributed by atoms with E-state index in [1.807, 2.05) is 19.1 Å². The second kappa shape index (κ2) is 5.87. The third-order valence-electron chi connectivity index (χ3n) is 2.46. The number of aryl methyl sites for hydroxylation is 1. The van der Waals surface area contributed by atoms with Gasteiger partial charge >= 0.3 is 6.09 Å². The van der Waals surface area contributed by atoms with Gasteiger partial charge in [0.25, 0.3) is 0 Å². The molecule has 0 heterocycles. The Bertz CT molecular complexity index is 457. The molecule has 0 saturated heterocycles. The van der Waals surface area contributed by atoms with Gasteiger partial charge in [0.15, 0.2) is 5.78 Å². The quantitative estimate of drug-likeness (QED) is 0.853. The van der Waals surface area contributed by atoms with Crippen molar-refractivity contribution in [3.05, 3.63) is 35.4 Å². The summed E-state index contributed by atoms with van der Waals surface area (Å²) < 4.78 is 5.11. The topological polar surface area (TPSA) is 55.4 Å². The third kappa shape index (κ3) is 5.12. The Morgan fingerprint density at radius 2 is 1.68 bits per heavy atom. The molecule has 4 heteroatoms. The van der Waals surface area contributed by atoms with E-state index < -0.39 is 17.7 Å². The molecule has 0 aliphatic heterocycles. The Kier molecular flexibility index (Phi) is 4.70. The molecule has 4 nitrogen and oxygen atoms in total. The highest BCUT2D eigenvalue weighted by molar-refractivity contribution is 6.01. The first-order chi connectivity index (χ1) is 8.69. The molecule has 0 saturated carbocycles. The number of amides is 1. The van der Waals surface area contributed by atoms with Crippen LogP contribution < -0.4 is 5.32 Å². The molecular formula is C15H21NO3. The van der Waals surface area contributed by atoms with Crippen LogP contribution in [0.4, 0.5) is 4.79 Å². The van der Waals surface area contributed by atoms with Crippen molar-refractivity contribution in [2.24, 2.45) is 0 Å². The smallest absolute Gasteiger partial charge is 0.408 e. The average molecular weight is 263 g/mol. The lowest BCUT2D eigenvalue weighted by Crippen LogP contribution is -2.41. The highest BCUT2D eigenvalue weighted by Crippen LogP contribution is 2.09. The van der Waals surface area contributed by atoms with Crippen molar-refractivity contribution in [1.82, 2.24) is 5.32 Å². The van der Waals surface area contributed by atoms with Crippen molar-refractivity contribution in [3.63, 3.8) is 0 Å². The third-order valence-corrected chi connectivity index (χ3v) is 2.46. The highest BCUT2D eigenvalue weighted by atomic mass is 16.6. The molecule has 1 rings (SSSR count). The number of alkyl carbamates (subject to hydrolysis) is 1. The first kappa shape index (κ1) is 15.2. The van der Waals surface area contributed by atoms with E-state index >= 15 is 0 Å². The first-order valence-electron chi connectivity index (χ1n) is 6.29.